The maximum absolute atomic E-state index is 10.2. The number of hydrogen-bond acceptors (Lipinski definition) is 5. The molecule has 0 aliphatic heterocycles. The van der Waals surface area contributed by atoms with Gasteiger partial charge in [-0.2, -0.15) is 0 Å². The van der Waals surface area contributed by atoms with E-state index in [0.717, 1.165) is 31.4 Å². The third kappa shape index (κ3) is 2.77. The lowest BCUT2D eigenvalue weighted by atomic mass is 9.91. The molecule has 1 fully saturated rings. The predicted molar refractivity (Wildman–Crippen MR) is 80.6 cm³/mol. The van der Waals surface area contributed by atoms with Crippen LogP contribution >= 0.6 is 0 Å². The van der Waals surface area contributed by atoms with E-state index in [9.17, 15) is 5.11 Å². The molecule has 0 bridgehead atoms. The summed E-state index contributed by atoms with van der Waals surface area (Å²) in [6.45, 7) is 0. The minimum atomic E-state index is -0.304. The van der Waals surface area contributed by atoms with Crippen LogP contribution in [0.1, 0.15) is 25.7 Å². The third-order valence-electron chi connectivity index (χ3n) is 4.10. The summed E-state index contributed by atoms with van der Waals surface area (Å²) in [4.78, 5) is 2.06. The Morgan fingerprint density at radius 2 is 1.75 bits per heavy atom. The molecule has 112 valence electrons. The van der Waals surface area contributed by atoms with Crippen molar-refractivity contribution in [3.05, 3.63) is 12.1 Å². The van der Waals surface area contributed by atoms with Gasteiger partial charge in [0.25, 0.3) is 0 Å². The number of hydrogen-bond donors (Lipinski definition) is 2. The Morgan fingerprint density at radius 3 is 2.35 bits per heavy atom. The maximum atomic E-state index is 10.2. The third-order valence-corrected chi connectivity index (χ3v) is 4.10. The van der Waals surface area contributed by atoms with Crippen LogP contribution in [0.5, 0.6) is 11.5 Å². The first-order chi connectivity index (χ1) is 9.58. The highest BCUT2D eigenvalue weighted by atomic mass is 16.5. The van der Waals surface area contributed by atoms with Crippen molar-refractivity contribution in [2.24, 2.45) is 0 Å². The van der Waals surface area contributed by atoms with Gasteiger partial charge in [-0.25, -0.2) is 0 Å². The van der Waals surface area contributed by atoms with Crippen molar-refractivity contribution < 1.29 is 14.6 Å². The summed E-state index contributed by atoms with van der Waals surface area (Å²) in [7, 11) is 5.16. The summed E-state index contributed by atoms with van der Waals surface area (Å²) in [5.41, 5.74) is 7.61. The highest BCUT2D eigenvalue weighted by Gasteiger charge is 2.28. The molecule has 1 aromatic rings. The average molecular weight is 280 g/mol. The Hall–Kier alpha value is -1.62. The molecule has 0 aromatic heterocycles. The average Bonchev–Trinajstić information content (AvgIpc) is 2.46. The van der Waals surface area contributed by atoms with Crippen molar-refractivity contribution in [1.82, 2.24) is 0 Å². The fourth-order valence-electron chi connectivity index (χ4n) is 2.91. The minimum Gasteiger partial charge on any atom is -0.493 e. The second-order valence-electron chi connectivity index (χ2n) is 5.30. The van der Waals surface area contributed by atoms with Crippen molar-refractivity contribution in [2.45, 2.75) is 37.8 Å². The van der Waals surface area contributed by atoms with E-state index in [1.54, 1.807) is 20.3 Å². The van der Waals surface area contributed by atoms with E-state index in [1.165, 1.54) is 0 Å². The first-order valence-electron chi connectivity index (χ1n) is 7.01. The van der Waals surface area contributed by atoms with Crippen molar-refractivity contribution in [1.29, 1.82) is 0 Å². The number of aliphatic hydroxyl groups is 1. The van der Waals surface area contributed by atoms with Gasteiger partial charge in [0, 0.05) is 19.2 Å². The lowest BCUT2D eigenvalue weighted by Gasteiger charge is -2.37. The summed E-state index contributed by atoms with van der Waals surface area (Å²) >= 11 is 0. The smallest absolute Gasteiger partial charge is 0.162 e. The Bertz CT molecular complexity index is 465. The second kappa shape index (κ2) is 6.22. The molecule has 2 unspecified atom stereocenters. The number of rotatable bonds is 4. The molecule has 20 heavy (non-hydrogen) atoms. The summed E-state index contributed by atoms with van der Waals surface area (Å²) in [5, 5.41) is 10.2. The van der Waals surface area contributed by atoms with E-state index < -0.39 is 0 Å². The Balaban J connectivity index is 2.31. The molecule has 1 aliphatic rings. The molecule has 2 atom stereocenters. The quantitative estimate of drug-likeness (QED) is 0.826. The fraction of sp³-hybridized carbons (Fsp3) is 0.600. The molecule has 0 radical (unpaired) electrons. The summed E-state index contributed by atoms with van der Waals surface area (Å²) in [6.07, 6.45) is 3.75. The second-order valence-corrected chi connectivity index (χ2v) is 5.30. The highest BCUT2D eigenvalue weighted by Crippen LogP contribution is 2.38. The number of nitrogens with two attached hydrogens (primary N) is 1. The lowest BCUT2D eigenvalue weighted by Crippen LogP contribution is -2.43. The molecule has 2 rings (SSSR count). The molecule has 1 aliphatic carbocycles. The van der Waals surface area contributed by atoms with Crippen LogP contribution in [-0.2, 0) is 0 Å². The zero-order valence-electron chi connectivity index (χ0n) is 12.4. The highest BCUT2D eigenvalue weighted by molar-refractivity contribution is 5.73. The summed E-state index contributed by atoms with van der Waals surface area (Å²) in [5.74, 6) is 1.26. The van der Waals surface area contributed by atoms with E-state index >= 15 is 0 Å². The molecule has 1 aromatic carbocycles. The van der Waals surface area contributed by atoms with Gasteiger partial charge < -0.3 is 25.2 Å². The number of methoxy groups -OCH3 is 2. The molecule has 0 saturated heterocycles. The maximum Gasteiger partial charge on any atom is 0.162 e. The SMILES string of the molecule is COc1cc(N)c(N(C)C2CCCCC2O)cc1OC. The molecule has 0 amide bonds. The van der Waals surface area contributed by atoms with Gasteiger partial charge in [0.1, 0.15) is 0 Å². The Labute approximate surface area is 120 Å². The fourth-order valence-corrected chi connectivity index (χ4v) is 2.91. The zero-order chi connectivity index (χ0) is 14.7. The van der Waals surface area contributed by atoms with Crippen LogP contribution in [0, 0.1) is 0 Å². The largest absolute Gasteiger partial charge is 0.493 e. The number of ether oxygens (including phenoxy) is 2. The van der Waals surface area contributed by atoms with Crippen molar-refractivity contribution in [3.63, 3.8) is 0 Å². The number of likely N-dealkylation sites (N-methyl/N-ethyl adjacent to an activating group) is 1. The molecule has 0 spiro atoms. The number of benzene rings is 1. The van der Waals surface area contributed by atoms with E-state index in [1.807, 2.05) is 13.1 Å². The van der Waals surface area contributed by atoms with Crippen molar-refractivity contribution in [3.8, 4) is 11.5 Å². The van der Waals surface area contributed by atoms with Crippen molar-refractivity contribution in [2.75, 3.05) is 31.9 Å². The first-order valence-corrected chi connectivity index (χ1v) is 7.01. The van der Waals surface area contributed by atoms with Crippen LogP contribution in [0.15, 0.2) is 12.1 Å². The lowest BCUT2D eigenvalue weighted by molar-refractivity contribution is 0.106. The van der Waals surface area contributed by atoms with Gasteiger partial charge in [0.15, 0.2) is 11.5 Å². The van der Waals surface area contributed by atoms with Crippen LogP contribution in [-0.4, -0.2) is 38.5 Å². The molecule has 0 heterocycles. The molecular formula is C15H24N2O3. The number of aliphatic hydroxyl groups excluding tert-OH is 1. The normalized spacial score (nSPS) is 22.4. The van der Waals surface area contributed by atoms with Gasteiger partial charge >= 0.3 is 0 Å². The summed E-state index contributed by atoms with van der Waals surface area (Å²) in [6, 6.07) is 3.74. The van der Waals surface area contributed by atoms with E-state index in [-0.39, 0.29) is 12.1 Å². The van der Waals surface area contributed by atoms with E-state index in [2.05, 4.69) is 4.90 Å². The Kier molecular flexibility index (Phi) is 4.60. The van der Waals surface area contributed by atoms with Crippen LogP contribution in [0.3, 0.4) is 0 Å². The van der Waals surface area contributed by atoms with Crippen LogP contribution in [0.25, 0.3) is 0 Å². The first kappa shape index (κ1) is 14.8. The van der Waals surface area contributed by atoms with Gasteiger partial charge in [-0.15, -0.1) is 0 Å². The molecule has 5 heteroatoms. The topological polar surface area (TPSA) is 68.0 Å². The predicted octanol–water partition coefficient (Wildman–Crippen LogP) is 2.03. The monoisotopic (exact) mass is 280 g/mol. The van der Waals surface area contributed by atoms with Gasteiger partial charge in [-0.3, -0.25) is 0 Å². The standard InChI is InChI=1S/C15H24N2O3/c1-17(11-6-4-5-7-13(11)18)12-9-15(20-3)14(19-2)8-10(12)16/h8-9,11,13,18H,4-7,16H2,1-3H3. The van der Waals surface area contributed by atoms with Crippen LogP contribution in [0.2, 0.25) is 0 Å². The number of nitrogen functional groups attached to an aromatic ring is 1. The van der Waals surface area contributed by atoms with Gasteiger partial charge in [-0.1, -0.05) is 12.8 Å². The molecular weight excluding hydrogens is 256 g/mol. The van der Waals surface area contributed by atoms with Gasteiger partial charge in [-0.05, 0) is 12.8 Å². The molecule has 3 N–H and O–H groups in total. The van der Waals surface area contributed by atoms with E-state index in [0.29, 0.717) is 17.2 Å². The van der Waals surface area contributed by atoms with E-state index in [4.69, 9.17) is 15.2 Å². The van der Waals surface area contributed by atoms with Gasteiger partial charge in [0.05, 0.1) is 37.7 Å². The zero-order valence-corrected chi connectivity index (χ0v) is 12.4. The van der Waals surface area contributed by atoms with Crippen LogP contribution in [0.4, 0.5) is 11.4 Å². The van der Waals surface area contributed by atoms with Crippen molar-refractivity contribution >= 4 is 11.4 Å². The molecule has 1 saturated carbocycles. The molecule has 5 nitrogen and oxygen atoms in total. The summed E-state index contributed by atoms with van der Waals surface area (Å²) < 4.78 is 10.6. The number of anilines is 2. The minimum absolute atomic E-state index is 0.101. The Morgan fingerprint density at radius 1 is 1.15 bits per heavy atom. The van der Waals surface area contributed by atoms with Gasteiger partial charge in [0.2, 0.25) is 0 Å². The number of nitrogens with zero attached hydrogens (tertiary/aromatic N) is 1. The van der Waals surface area contributed by atoms with Crippen LogP contribution < -0.4 is 20.1 Å².